The third kappa shape index (κ3) is 12.9. The number of pyridine rings is 1. The first-order chi connectivity index (χ1) is 26.9. The molecule has 4 rings (SSSR count). The highest BCUT2D eigenvalue weighted by Gasteiger charge is 2.32. The summed E-state index contributed by atoms with van der Waals surface area (Å²) in [6.07, 6.45) is -1.14. The zero-order valence-electron chi connectivity index (χ0n) is 31.6. The minimum Gasteiger partial charge on any atom is -0.497 e. The van der Waals surface area contributed by atoms with E-state index in [9.17, 15) is 29.1 Å². The number of hydrazine groups is 1. The van der Waals surface area contributed by atoms with Crippen LogP contribution in [0.5, 0.6) is 5.75 Å². The fraction of sp³-hybridized carbons (Fsp3) is 0.317. The number of nitrogens with zero attached hydrogens (tertiary/aromatic N) is 2. The smallest absolute Gasteiger partial charge is 0.408 e. The van der Waals surface area contributed by atoms with Gasteiger partial charge in [0.25, 0.3) is 11.8 Å². The summed E-state index contributed by atoms with van der Waals surface area (Å²) in [4.78, 5) is 69.8. The van der Waals surface area contributed by atoms with Gasteiger partial charge in [0, 0.05) is 18.5 Å². The average molecular weight is 768 g/mol. The van der Waals surface area contributed by atoms with Crippen molar-refractivity contribution in [3.63, 3.8) is 0 Å². The third-order valence-corrected chi connectivity index (χ3v) is 8.71. The number of para-hydroxylation sites is 1. The van der Waals surface area contributed by atoms with E-state index in [4.69, 9.17) is 15.2 Å². The maximum absolute atomic E-state index is 13.9. The summed E-state index contributed by atoms with van der Waals surface area (Å²) in [5.41, 5.74) is 10.4. The van der Waals surface area contributed by atoms with Crippen molar-refractivity contribution in [3.05, 3.63) is 120 Å². The predicted octanol–water partition coefficient (Wildman–Crippen LogP) is 2.78. The van der Waals surface area contributed by atoms with Gasteiger partial charge in [-0.05, 0) is 47.7 Å². The quantitative estimate of drug-likeness (QED) is 0.0572. The van der Waals surface area contributed by atoms with E-state index in [-0.39, 0.29) is 37.7 Å². The van der Waals surface area contributed by atoms with Gasteiger partial charge in [-0.2, -0.15) is 0 Å². The number of aromatic nitrogens is 1. The van der Waals surface area contributed by atoms with Gasteiger partial charge in [0.2, 0.25) is 11.8 Å². The van der Waals surface area contributed by atoms with Crippen LogP contribution in [0, 0.1) is 5.92 Å². The monoisotopic (exact) mass is 767 g/mol. The van der Waals surface area contributed by atoms with Gasteiger partial charge >= 0.3 is 6.09 Å². The summed E-state index contributed by atoms with van der Waals surface area (Å²) < 4.78 is 10.3. The fourth-order valence-electron chi connectivity index (χ4n) is 5.79. The Morgan fingerprint density at radius 3 is 2.23 bits per heavy atom. The summed E-state index contributed by atoms with van der Waals surface area (Å²) in [5.74, 6) is -2.63. The standard InChI is InChI=1S/C41H49N7O8/c1-5-21-56-41(54)46-37(26(2)3)40(53)47-48(24-28-15-18-30(55-4)19-16-28)25-35(49)33(22-27-11-7-6-8-12-27)44-39(52)34(23-36(42)50)45-38(51)32-20-17-29-13-9-10-14-31(29)43-32/h5-20,26,33-35,37,49H,1,21-25H2,2-4H3,(H2,42,50)(H,44,52)(H,45,51)(H,46,54)(H,47,53)/t33?,34-,35?,37-/m0/s1. The number of methoxy groups -OCH3 is 1. The SMILES string of the molecule is C=CCOC(=O)N[C@H](C(=O)NN(Cc1ccc(OC)cc1)CC(O)C(Cc1ccccc1)NC(=O)[C@H](CC(N)=O)NC(=O)c1ccc2ccccc2n1)C(C)C. The van der Waals surface area contributed by atoms with Crippen molar-refractivity contribution in [3.8, 4) is 5.75 Å². The molecule has 2 unspecified atom stereocenters. The van der Waals surface area contributed by atoms with Gasteiger partial charge in [0.1, 0.15) is 30.1 Å². The molecule has 4 atom stereocenters. The normalized spacial score (nSPS) is 13.2. The molecule has 1 heterocycles. The Morgan fingerprint density at radius 2 is 1.57 bits per heavy atom. The molecule has 7 N–H and O–H groups in total. The maximum Gasteiger partial charge on any atom is 0.408 e. The van der Waals surface area contributed by atoms with Crippen molar-refractivity contribution >= 4 is 40.6 Å². The minimum absolute atomic E-state index is 0.0277. The predicted molar refractivity (Wildman–Crippen MR) is 210 cm³/mol. The van der Waals surface area contributed by atoms with E-state index in [1.807, 2.05) is 42.5 Å². The van der Waals surface area contributed by atoms with Crippen molar-refractivity contribution in [2.45, 2.75) is 57.5 Å². The highest BCUT2D eigenvalue weighted by molar-refractivity contribution is 5.99. The number of ether oxygens (including phenoxy) is 2. The summed E-state index contributed by atoms with van der Waals surface area (Å²) in [6.45, 7) is 6.87. The van der Waals surface area contributed by atoms with E-state index < -0.39 is 60.4 Å². The Bertz CT molecular complexity index is 1960. The Hall–Kier alpha value is -6.32. The molecule has 296 valence electrons. The molecule has 1 aromatic heterocycles. The van der Waals surface area contributed by atoms with Gasteiger partial charge in [0.05, 0.1) is 31.2 Å². The Kier molecular flexibility index (Phi) is 15.9. The number of amides is 5. The molecule has 0 aliphatic carbocycles. The molecule has 0 saturated carbocycles. The van der Waals surface area contributed by atoms with Crippen LogP contribution >= 0.6 is 0 Å². The molecule has 56 heavy (non-hydrogen) atoms. The lowest BCUT2D eigenvalue weighted by Crippen LogP contribution is -2.59. The van der Waals surface area contributed by atoms with Crippen LogP contribution in [0.25, 0.3) is 10.9 Å². The number of hydrogen-bond donors (Lipinski definition) is 6. The number of nitrogens with two attached hydrogens (primary N) is 1. The maximum atomic E-state index is 13.9. The molecule has 15 nitrogen and oxygen atoms in total. The Morgan fingerprint density at radius 1 is 0.875 bits per heavy atom. The number of nitrogens with one attached hydrogen (secondary N) is 4. The lowest BCUT2D eigenvalue weighted by molar-refractivity contribution is -0.131. The third-order valence-electron chi connectivity index (χ3n) is 8.71. The second-order valence-corrected chi connectivity index (χ2v) is 13.4. The Balaban J connectivity index is 1.59. The number of aliphatic hydroxyl groups is 1. The topological polar surface area (TPSA) is 214 Å². The van der Waals surface area contributed by atoms with Gasteiger partial charge in [-0.1, -0.05) is 93.2 Å². The minimum atomic E-state index is -1.41. The van der Waals surface area contributed by atoms with Crippen molar-refractivity contribution in [1.82, 2.24) is 31.4 Å². The first-order valence-corrected chi connectivity index (χ1v) is 18.1. The lowest BCUT2D eigenvalue weighted by Gasteiger charge is -2.32. The van der Waals surface area contributed by atoms with Crippen LogP contribution in [0.4, 0.5) is 4.79 Å². The van der Waals surface area contributed by atoms with E-state index in [1.54, 1.807) is 56.3 Å². The second-order valence-electron chi connectivity index (χ2n) is 13.4. The molecular weight excluding hydrogens is 718 g/mol. The number of aliphatic hydroxyl groups excluding tert-OH is 1. The van der Waals surface area contributed by atoms with Crippen molar-refractivity contribution < 1.29 is 38.6 Å². The van der Waals surface area contributed by atoms with Gasteiger partial charge < -0.3 is 36.3 Å². The number of carbonyl (C=O) groups is 5. The number of benzene rings is 3. The van der Waals surface area contributed by atoms with Crippen LogP contribution in [0.2, 0.25) is 0 Å². The molecule has 0 saturated heterocycles. The summed E-state index contributed by atoms with van der Waals surface area (Å²) in [6, 6.07) is 23.2. The zero-order chi connectivity index (χ0) is 40.6. The molecule has 0 fully saturated rings. The number of hydrogen-bond acceptors (Lipinski definition) is 10. The molecule has 15 heteroatoms. The van der Waals surface area contributed by atoms with Gasteiger partial charge in [-0.3, -0.25) is 24.6 Å². The highest BCUT2D eigenvalue weighted by Crippen LogP contribution is 2.16. The first kappa shape index (κ1) is 42.4. The summed E-state index contributed by atoms with van der Waals surface area (Å²) in [5, 5.41) is 22.1. The van der Waals surface area contributed by atoms with Crippen LogP contribution in [-0.2, 0) is 32.1 Å². The van der Waals surface area contributed by atoms with E-state index in [1.165, 1.54) is 24.3 Å². The zero-order valence-corrected chi connectivity index (χ0v) is 31.6. The molecular formula is C41H49N7O8. The van der Waals surface area contributed by atoms with Crippen LogP contribution in [-0.4, -0.2) is 89.3 Å². The van der Waals surface area contributed by atoms with Crippen LogP contribution in [0.3, 0.4) is 0 Å². The molecule has 4 aromatic rings. The number of carbonyl (C=O) groups excluding carboxylic acids is 5. The molecule has 0 aliphatic heterocycles. The van der Waals surface area contributed by atoms with Gasteiger partial charge in [0.15, 0.2) is 0 Å². The lowest BCUT2D eigenvalue weighted by atomic mass is 9.99. The van der Waals surface area contributed by atoms with Crippen molar-refractivity contribution in [2.75, 3.05) is 20.3 Å². The fourth-order valence-corrected chi connectivity index (χ4v) is 5.79. The largest absolute Gasteiger partial charge is 0.497 e. The van der Waals surface area contributed by atoms with E-state index in [0.29, 0.717) is 11.3 Å². The molecule has 0 bridgehead atoms. The first-order valence-electron chi connectivity index (χ1n) is 18.1. The van der Waals surface area contributed by atoms with Gasteiger partial charge in [-0.25, -0.2) is 14.8 Å². The molecule has 0 spiro atoms. The Labute approximate surface area is 325 Å². The number of primary amides is 1. The van der Waals surface area contributed by atoms with E-state index in [2.05, 4.69) is 32.9 Å². The average Bonchev–Trinajstić information content (AvgIpc) is 3.18. The molecule has 0 aliphatic rings. The van der Waals surface area contributed by atoms with Crippen LogP contribution in [0.1, 0.15) is 41.9 Å². The van der Waals surface area contributed by atoms with E-state index >= 15 is 0 Å². The molecule has 3 aromatic carbocycles. The van der Waals surface area contributed by atoms with Crippen LogP contribution < -0.4 is 31.8 Å². The van der Waals surface area contributed by atoms with Crippen molar-refractivity contribution in [2.24, 2.45) is 11.7 Å². The highest BCUT2D eigenvalue weighted by atomic mass is 16.5. The summed E-state index contributed by atoms with van der Waals surface area (Å²) in [7, 11) is 1.54. The number of fused-ring (bicyclic) bond motifs is 1. The number of rotatable bonds is 20. The van der Waals surface area contributed by atoms with E-state index in [0.717, 1.165) is 16.5 Å². The molecule has 5 amide bonds. The summed E-state index contributed by atoms with van der Waals surface area (Å²) >= 11 is 0. The second kappa shape index (κ2) is 21.0. The van der Waals surface area contributed by atoms with Gasteiger partial charge in [-0.15, -0.1) is 0 Å². The molecule has 0 radical (unpaired) electrons. The van der Waals surface area contributed by atoms with Crippen molar-refractivity contribution in [1.29, 1.82) is 0 Å². The van der Waals surface area contributed by atoms with Crippen LogP contribution in [0.15, 0.2) is 104 Å². The number of alkyl carbamates (subject to hydrolysis) is 1.